The number of ether oxygens (including phenoxy) is 1. The van der Waals surface area contributed by atoms with Gasteiger partial charge in [0.15, 0.2) is 5.84 Å². The lowest BCUT2D eigenvalue weighted by Gasteiger charge is -2.09. The minimum Gasteiger partial charge on any atom is -0.409 e. The monoisotopic (exact) mass is 241 g/mol. The van der Waals surface area contributed by atoms with Crippen molar-refractivity contribution in [3.8, 4) is 0 Å². The Morgan fingerprint density at radius 3 is 3.06 bits per heavy atom. The third-order valence-corrected chi connectivity index (χ3v) is 2.97. The Kier molecular flexibility index (Phi) is 5.07. The van der Waals surface area contributed by atoms with Crippen molar-refractivity contribution < 1.29 is 9.94 Å². The summed E-state index contributed by atoms with van der Waals surface area (Å²) in [5.41, 5.74) is 7.24. The second-order valence-electron chi connectivity index (χ2n) is 3.13. The smallest absolute Gasteiger partial charge is 0.173 e. The molecule has 1 aromatic rings. The predicted molar refractivity (Wildman–Crippen MR) is 64.1 cm³/mol. The van der Waals surface area contributed by atoms with Crippen LogP contribution in [0, 0.1) is 6.92 Å². The molecule has 0 aliphatic carbocycles. The minimum absolute atomic E-state index is 0.0884. The summed E-state index contributed by atoms with van der Waals surface area (Å²) in [4.78, 5) is 4.22. The van der Waals surface area contributed by atoms with E-state index < -0.39 is 0 Å². The summed E-state index contributed by atoms with van der Waals surface area (Å²) in [7, 11) is 1.65. The Hall–Kier alpha value is -1.27. The largest absolute Gasteiger partial charge is 0.409 e. The standard InChI is InChI=1S/C10H15N3O2S/c1-7-3-4-12-10(16-6-5-15-2)8(7)9(11)13-14/h3-4,14H,5-6H2,1-2H3,(H2,11,13). The fourth-order valence-corrected chi connectivity index (χ4v) is 2.21. The van der Waals surface area contributed by atoms with Crippen molar-refractivity contribution in [3.63, 3.8) is 0 Å². The molecule has 0 aromatic carbocycles. The SMILES string of the molecule is COCCSc1nccc(C)c1/C(N)=N/O. The molecule has 5 nitrogen and oxygen atoms in total. The first-order valence-corrected chi connectivity index (χ1v) is 5.74. The maximum atomic E-state index is 8.71. The van der Waals surface area contributed by atoms with E-state index >= 15 is 0 Å². The van der Waals surface area contributed by atoms with Gasteiger partial charge < -0.3 is 15.7 Å². The van der Waals surface area contributed by atoms with E-state index in [2.05, 4.69) is 10.1 Å². The number of hydrogen-bond donors (Lipinski definition) is 2. The second-order valence-corrected chi connectivity index (χ2v) is 4.22. The van der Waals surface area contributed by atoms with Crippen molar-refractivity contribution in [1.29, 1.82) is 0 Å². The van der Waals surface area contributed by atoms with Crippen LogP contribution in [0.5, 0.6) is 0 Å². The number of amidine groups is 1. The van der Waals surface area contributed by atoms with E-state index in [1.54, 1.807) is 13.3 Å². The topological polar surface area (TPSA) is 80.7 Å². The first-order valence-electron chi connectivity index (χ1n) is 4.76. The average Bonchev–Trinajstić information content (AvgIpc) is 2.29. The summed E-state index contributed by atoms with van der Waals surface area (Å²) in [6.07, 6.45) is 1.71. The van der Waals surface area contributed by atoms with Gasteiger partial charge in [-0.25, -0.2) is 4.98 Å². The lowest BCUT2D eigenvalue weighted by atomic mass is 10.1. The van der Waals surface area contributed by atoms with Crippen LogP contribution in [0.1, 0.15) is 11.1 Å². The normalized spacial score (nSPS) is 11.8. The van der Waals surface area contributed by atoms with Gasteiger partial charge >= 0.3 is 0 Å². The molecule has 0 amide bonds. The van der Waals surface area contributed by atoms with E-state index in [4.69, 9.17) is 15.7 Å². The van der Waals surface area contributed by atoms with Crippen LogP contribution in [0.2, 0.25) is 0 Å². The van der Waals surface area contributed by atoms with Crippen LogP contribution in [-0.4, -0.2) is 35.5 Å². The maximum absolute atomic E-state index is 8.71. The van der Waals surface area contributed by atoms with Gasteiger partial charge in [0, 0.05) is 19.1 Å². The quantitative estimate of drug-likeness (QED) is 0.202. The molecule has 1 aromatic heterocycles. The Balaban J connectivity index is 2.94. The molecule has 0 saturated heterocycles. The number of aromatic nitrogens is 1. The first kappa shape index (κ1) is 12.8. The molecule has 0 bridgehead atoms. The Morgan fingerprint density at radius 2 is 2.44 bits per heavy atom. The van der Waals surface area contributed by atoms with Crippen molar-refractivity contribution in [3.05, 3.63) is 23.4 Å². The highest BCUT2D eigenvalue weighted by Gasteiger charge is 2.11. The fraction of sp³-hybridized carbons (Fsp3) is 0.400. The third-order valence-electron chi connectivity index (χ3n) is 2.01. The molecule has 1 rings (SSSR count). The average molecular weight is 241 g/mol. The third kappa shape index (κ3) is 3.11. The van der Waals surface area contributed by atoms with Crippen LogP contribution >= 0.6 is 11.8 Å². The zero-order valence-electron chi connectivity index (χ0n) is 9.30. The van der Waals surface area contributed by atoms with Crippen LogP contribution in [-0.2, 0) is 4.74 Å². The molecule has 0 unspecified atom stereocenters. The number of nitrogens with zero attached hydrogens (tertiary/aromatic N) is 2. The van der Waals surface area contributed by atoms with Crippen molar-refractivity contribution in [2.75, 3.05) is 19.5 Å². The summed E-state index contributed by atoms with van der Waals surface area (Å²) in [5, 5.41) is 12.5. The predicted octanol–water partition coefficient (Wildman–Crippen LogP) is 1.22. The van der Waals surface area contributed by atoms with Crippen LogP contribution in [0.4, 0.5) is 0 Å². The van der Waals surface area contributed by atoms with Crippen molar-refractivity contribution in [2.24, 2.45) is 10.9 Å². The fourth-order valence-electron chi connectivity index (χ4n) is 1.23. The highest BCUT2D eigenvalue weighted by molar-refractivity contribution is 7.99. The molecule has 88 valence electrons. The van der Waals surface area contributed by atoms with E-state index in [-0.39, 0.29) is 5.84 Å². The number of rotatable bonds is 5. The number of aryl methyl sites for hydroxylation is 1. The number of nitrogens with two attached hydrogens (primary N) is 1. The molecule has 0 aliphatic rings. The summed E-state index contributed by atoms with van der Waals surface area (Å²) in [6.45, 7) is 2.53. The number of thioether (sulfide) groups is 1. The van der Waals surface area contributed by atoms with Gasteiger partial charge in [-0.05, 0) is 18.6 Å². The Labute approximate surface area is 98.7 Å². The van der Waals surface area contributed by atoms with Crippen molar-refractivity contribution in [1.82, 2.24) is 4.98 Å². The molecule has 6 heteroatoms. The van der Waals surface area contributed by atoms with E-state index in [1.165, 1.54) is 11.8 Å². The van der Waals surface area contributed by atoms with Gasteiger partial charge in [0.25, 0.3) is 0 Å². The molecule has 1 heterocycles. The molecule has 0 saturated carbocycles. The van der Waals surface area contributed by atoms with E-state index in [0.717, 1.165) is 16.3 Å². The van der Waals surface area contributed by atoms with E-state index in [9.17, 15) is 0 Å². The summed E-state index contributed by atoms with van der Waals surface area (Å²) in [5.74, 6) is 0.865. The molecule has 0 radical (unpaired) electrons. The molecular formula is C10H15N3O2S. The number of oxime groups is 1. The Morgan fingerprint density at radius 1 is 1.69 bits per heavy atom. The minimum atomic E-state index is 0.0884. The molecular weight excluding hydrogens is 226 g/mol. The van der Waals surface area contributed by atoms with Crippen LogP contribution in [0.15, 0.2) is 22.4 Å². The van der Waals surface area contributed by atoms with Crippen LogP contribution in [0.3, 0.4) is 0 Å². The lowest BCUT2D eigenvalue weighted by Crippen LogP contribution is -2.16. The van der Waals surface area contributed by atoms with Crippen molar-refractivity contribution >= 4 is 17.6 Å². The molecule has 0 spiro atoms. The van der Waals surface area contributed by atoms with Gasteiger partial charge in [0.2, 0.25) is 0 Å². The van der Waals surface area contributed by atoms with Crippen LogP contribution in [0.25, 0.3) is 0 Å². The number of pyridine rings is 1. The summed E-state index contributed by atoms with van der Waals surface area (Å²) >= 11 is 1.52. The first-order chi connectivity index (χ1) is 7.70. The molecule has 3 N–H and O–H groups in total. The highest BCUT2D eigenvalue weighted by Crippen LogP contribution is 2.22. The zero-order valence-corrected chi connectivity index (χ0v) is 10.1. The van der Waals surface area contributed by atoms with Gasteiger partial charge in [-0.2, -0.15) is 0 Å². The van der Waals surface area contributed by atoms with Gasteiger partial charge in [-0.15, -0.1) is 11.8 Å². The maximum Gasteiger partial charge on any atom is 0.173 e. The molecule has 0 atom stereocenters. The molecule has 16 heavy (non-hydrogen) atoms. The number of hydrogen-bond acceptors (Lipinski definition) is 5. The van der Waals surface area contributed by atoms with Gasteiger partial charge in [0.05, 0.1) is 12.2 Å². The second kappa shape index (κ2) is 6.34. The molecule has 0 aliphatic heterocycles. The Bertz CT molecular complexity index is 382. The zero-order chi connectivity index (χ0) is 12.0. The van der Waals surface area contributed by atoms with Gasteiger partial charge in [0.1, 0.15) is 5.03 Å². The van der Waals surface area contributed by atoms with Crippen LogP contribution < -0.4 is 5.73 Å². The summed E-state index contributed by atoms with van der Waals surface area (Å²) in [6, 6.07) is 1.83. The van der Waals surface area contributed by atoms with Gasteiger partial charge in [-0.3, -0.25) is 0 Å². The molecule has 0 fully saturated rings. The van der Waals surface area contributed by atoms with E-state index in [0.29, 0.717) is 12.2 Å². The van der Waals surface area contributed by atoms with E-state index in [1.807, 2.05) is 13.0 Å². The van der Waals surface area contributed by atoms with Crippen molar-refractivity contribution in [2.45, 2.75) is 11.9 Å². The lowest BCUT2D eigenvalue weighted by molar-refractivity contribution is 0.218. The summed E-state index contributed by atoms with van der Waals surface area (Å²) < 4.78 is 4.96. The van der Waals surface area contributed by atoms with Gasteiger partial charge in [-0.1, -0.05) is 5.16 Å². The highest BCUT2D eigenvalue weighted by atomic mass is 32.2. The number of methoxy groups -OCH3 is 1.